The van der Waals surface area contributed by atoms with Crippen LogP contribution in [-0.4, -0.2) is 23.2 Å². The second-order valence-electron chi connectivity index (χ2n) is 8.59. The van der Waals surface area contributed by atoms with Crippen molar-refractivity contribution in [3.8, 4) is 11.3 Å². The molecular weight excluding hydrogens is 465 g/mol. The molecule has 5 rings (SSSR count). The van der Waals surface area contributed by atoms with Crippen LogP contribution in [0.4, 0.5) is 22.0 Å². The predicted molar refractivity (Wildman–Crippen MR) is 112 cm³/mol. The molecule has 2 aliphatic rings. The van der Waals surface area contributed by atoms with Crippen LogP contribution in [0.1, 0.15) is 49.3 Å². The van der Waals surface area contributed by atoms with Gasteiger partial charge in [0.1, 0.15) is 23.0 Å². The number of aromatic nitrogens is 2. The highest BCUT2D eigenvalue weighted by atomic mass is 32.2. The maximum absolute atomic E-state index is 15.1. The molecule has 0 atom stereocenters. The van der Waals surface area contributed by atoms with E-state index in [1.165, 1.54) is 0 Å². The van der Waals surface area contributed by atoms with Gasteiger partial charge in [0.2, 0.25) is 10.0 Å². The van der Waals surface area contributed by atoms with Crippen molar-refractivity contribution in [2.75, 3.05) is 0 Å². The average molecular weight is 485 g/mol. The van der Waals surface area contributed by atoms with E-state index in [9.17, 15) is 26.0 Å². The maximum atomic E-state index is 15.1. The normalized spacial score (nSPS) is 17.5. The number of nitrogens with zero attached hydrogens (tertiary/aromatic N) is 2. The van der Waals surface area contributed by atoms with Crippen molar-refractivity contribution in [1.29, 1.82) is 0 Å². The summed E-state index contributed by atoms with van der Waals surface area (Å²) in [6.07, 6.45) is 0.609. The predicted octanol–water partition coefficient (Wildman–Crippen LogP) is 5.31. The van der Waals surface area contributed by atoms with Gasteiger partial charge in [-0.15, -0.1) is 0 Å². The Bertz CT molecular complexity index is 1340. The summed E-state index contributed by atoms with van der Waals surface area (Å²) in [5, 5.41) is -0.0875. The monoisotopic (exact) mass is 485 g/mol. The highest BCUT2D eigenvalue weighted by molar-refractivity contribution is 7.90. The van der Waals surface area contributed by atoms with Gasteiger partial charge in [0.25, 0.3) is 0 Å². The Labute approximate surface area is 186 Å². The zero-order valence-corrected chi connectivity index (χ0v) is 18.1. The first kappa shape index (κ1) is 22.3. The van der Waals surface area contributed by atoms with Crippen LogP contribution in [0.5, 0.6) is 0 Å². The molecule has 1 aromatic carbocycles. The first-order valence-electron chi connectivity index (χ1n) is 10.6. The molecule has 2 saturated carbocycles. The standard InChI is InChI=1S/C22H20F5N3O2S/c23-13-4-7-16(18(8-13)22(25,26)27)20-19(24)9-17-12(10-28-33(31,32)15-5-6-15)11-30(21(17)29-20)14-2-1-3-14/h4,7-9,11,14-15,28H,1-3,5-6,10H2. The molecule has 0 radical (unpaired) electrons. The van der Waals surface area contributed by atoms with Crippen LogP contribution in [0.25, 0.3) is 22.3 Å². The Morgan fingerprint density at radius 3 is 2.42 bits per heavy atom. The van der Waals surface area contributed by atoms with Crippen molar-refractivity contribution in [3.63, 3.8) is 0 Å². The van der Waals surface area contributed by atoms with Gasteiger partial charge in [0.05, 0.1) is 10.8 Å². The van der Waals surface area contributed by atoms with Gasteiger partial charge < -0.3 is 4.57 Å². The summed E-state index contributed by atoms with van der Waals surface area (Å²) in [7, 11) is -3.48. The number of hydrogen-bond donors (Lipinski definition) is 1. The van der Waals surface area contributed by atoms with Crippen LogP contribution in [0.15, 0.2) is 30.5 Å². The minimum Gasteiger partial charge on any atom is -0.329 e. The van der Waals surface area contributed by atoms with E-state index in [-0.39, 0.29) is 18.2 Å². The molecule has 0 amide bonds. The van der Waals surface area contributed by atoms with Crippen LogP contribution in [-0.2, 0) is 22.7 Å². The highest BCUT2D eigenvalue weighted by Crippen LogP contribution is 2.40. The summed E-state index contributed by atoms with van der Waals surface area (Å²) < 4.78 is 98.0. The number of alkyl halides is 3. The Balaban J connectivity index is 1.63. The summed E-state index contributed by atoms with van der Waals surface area (Å²) in [6.45, 7) is -0.0696. The van der Waals surface area contributed by atoms with E-state index >= 15 is 4.39 Å². The smallest absolute Gasteiger partial charge is 0.329 e. The molecule has 11 heteroatoms. The molecule has 176 valence electrons. The minimum atomic E-state index is -4.90. The number of sulfonamides is 1. The summed E-state index contributed by atoms with van der Waals surface area (Å²) >= 11 is 0. The maximum Gasteiger partial charge on any atom is 0.417 e. The van der Waals surface area contributed by atoms with E-state index in [0.29, 0.717) is 29.9 Å². The van der Waals surface area contributed by atoms with Crippen molar-refractivity contribution < 1.29 is 30.4 Å². The zero-order chi connectivity index (χ0) is 23.5. The third kappa shape index (κ3) is 4.12. The highest BCUT2D eigenvalue weighted by Gasteiger charge is 2.37. The second-order valence-corrected chi connectivity index (χ2v) is 10.6. The number of rotatable bonds is 6. The van der Waals surface area contributed by atoms with Gasteiger partial charge in [0.15, 0.2) is 0 Å². The van der Waals surface area contributed by atoms with E-state index in [2.05, 4.69) is 9.71 Å². The Morgan fingerprint density at radius 2 is 1.82 bits per heavy atom. The van der Waals surface area contributed by atoms with E-state index in [1.54, 1.807) is 10.8 Å². The number of pyridine rings is 1. The van der Waals surface area contributed by atoms with Crippen LogP contribution in [0.2, 0.25) is 0 Å². The summed E-state index contributed by atoms with van der Waals surface area (Å²) in [4.78, 5) is 4.25. The number of fused-ring (bicyclic) bond motifs is 1. The summed E-state index contributed by atoms with van der Waals surface area (Å²) in [5.74, 6) is -2.09. The molecule has 2 fully saturated rings. The molecule has 0 aliphatic heterocycles. The van der Waals surface area contributed by atoms with Gasteiger partial charge in [-0.25, -0.2) is 26.9 Å². The fraction of sp³-hybridized carbons (Fsp3) is 0.409. The SMILES string of the molecule is O=S(=O)(NCc1cn(C2CCC2)c2nc(-c3ccc(F)cc3C(F)(F)F)c(F)cc12)C1CC1. The molecule has 3 aromatic rings. The van der Waals surface area contributed by atoms with Gasteiger partial charge in [0, 0.05) is 29.7 Å². The van der Waals surface area contributed by atoms with Crippen LogP contribution in [0, 0.1) is 11.6 Å². The molecular formula is C22H20F5N3O2S. The lowest BCUT2D eigenvalue weighted by Gasteiger charge is -2.27. The molecule has 0 unspecified atom stereocenters. The van der Waals surface area contributed by atoms with Crippen molar-refractivity contribution >= 4 is 21.1 Å². The molecule has 33 heavy (non-hydrogen) atoms. The van der Waals surface area contributed by atoms with Gasteiger partial charge in [-0.05, 0) is 61.9 Å². The fourth-order valence-corrected chi connectivity index (χ4v) is 5.46. The van der Waals surface area contributed by atoms with Crippen LogP contribution in [0.3, 0.4) is 0 Å². The van der Waals surface area contributed by atoms with Crippen LogP contribution >= 0.6 is 0 Å². The van der Waals surface area contributed by atoms with Gasteiger partial charge in [-0.2, -0.15) is 13.2 Å². The minimum absolute atomic E-state index is 0.0439. The Morgan fingerprint density at radius 1 is 1.09 bits per heavy atom. The number of hydrogen-bond acceptors (Lipinski definition) is 3. The van der Waals surface area contributed by atoms with E-state index in [1.807, 2.05) is 0 Å². The lowest BCUT2D eigenvalue weighted by atomic mass is 9.93. The van der Waals surface area contributed by atoms with Crippen molar-refractivity contribution in [1.82, 2.24) is 14.3 Å². The van der Waals surface area contributed by atoms with E-state index < -0.39 is 49.9 Å². The lowest BCUT2D eigenvalue weighted by molar-refractivity contribution is -0.137. The first-order chi connectivity index (χ1) is 15.5. The van der Waals surface area contributed by atoms with Gasteiger partial charge in [-0.3, -0.25) is 0 Å². The van der Waals surface area contributed by atoms with Crippen molar-refractivity contribution in [3.05, 3.63) is 53.2 Å². The zero-order valence-electron chi connectivity index (χ0n) is 17.3. The van der Waals surface area contributed by atoms with Gasteiger partial charge >= 0.3 is 6.18 Å². The lowest BCUT2D eigenvalue weighted by Crippen LogP contribution is -2.26. The Kier molecular flexibility index (Phi) is 5.24. The van der Waals surface area contributed by atoms with Crippen LogP contribution < -0.4 is 4.72 Å². The summed E-state index contributed by atoms with van der Waals surface area (Å²) in [6, 6.07) is 3.15. The quantitative estimate of drug-likeness (QED) is 0.482. The molecule has 0 bridgehead atoms. The number of halogens is 5. The molecule has 1 N–H and O–H groups in total. The van der Waals surface area contributed by atoms with Gasteiger partial charge in [-0.1, -0.05) is 0 Å². The molecule has 0 saturated heterocycles. The second kappa shape index (κ2) is 7.76. The molecule has 0 spiro atoms. The topological polar surface area (TPSA) is 64.0 Å². The van der Waals surface area contributed by atoms with E-state index in [0.717, 1.165) is 37.5 Å². The van der Waals surface area contributed by atoms with Crippen molar-refractivity contribution in [2.24, 2.45) is 0 Å². The molecule has 2 heterocycles. The number of benzene rings is 1. The third-order valence-corrected chi connectivity index (χ3v) is 8.17. The largest absolute Gasteiger partial charge is 0.417 e. The fourth-order valence-electron chi connectivity index (χ4n) is 4.12. The molecule has 5 nitrogen and oxygen atoms in total. The molecule has 2 aromatic heterocycles. The summed E-state index contributed by atoms with van der Waals surface area (Å²) in [5.41, 5.74) is -1.63. The van der Waals surface area contributed by atoms with E-state index in [4.69, 9.17) is 0 Å². The third-order valence-electron chi connectivity index (χ3n) is 6.28. The number of nitrogens with one attached hydrogen (secondary N) is 1. The first-order valence-corrected chi connectivity index (χ1v) is 12.1. The Hall–Kier alpha value is -2.53. The average Bonchev–Trinajstić information content (AvgIpc) is 3.50. The van der Waals surface area contributed by atoms with Crippen molar-refractivity contribution in [2.45, 2.75) is 56.1 Å². The molecule has 2 aliphatic carbocycles.